The molecular weight excluding hydrogens is 360 g/mol. The van der Waals surface area contributed by atoms with Gasteiger partial charge in [-0.15, -0.1) is 11.3 Å². The van der Waals surface area contributed by atoms with Crippen molar-refractivity contribution >= 4 is 27.5 Å². The van der Waals surface area contributed by atoms with Gasteiger partial charge in [-0.1, -0.05) is 0 Å². The molecule has 1 aliphatic heterocycles. The van der Waals surface area contributed by atoms with Crippen molar-refractivity contribution in [1.29, 1.82) is 0 Å². The molecule has 0 spiro atoms. The summed E-state index contributed by atoms with van der Waals surface area (Å²) in [5, 5.41) is 4.01. The normalized spacial score (nSPS) is 20.0. The van der Waals surface area contributed by atoms with E-state index in [0.29, 0.717) is 18.9 Å². The summed E-state index contributed by atoms with van der Waals surface area (Å²) in [7, 11) is 1.96. The third-order valence-electron chi connectivity index (χ3n) is 5.87. The molecule has 1 saturated heterocycles. The first-order valence-corrected chi connectivity index (χ1v) is 10.9. The van der Waals surface area contributed by atoms with E-state index >= 15 is 0 Å². The fourth-order valence-electron chi connectivity index (χ4n) is 4.46. The molecule has 1 unspecified atom stereocenters. The van der Waals surface area contributed by atoms with E-state index in [1.807, 2.05) is 11.9 Å². The zero-order chi connectivity index (χ0) is 18.8. The lowest BCUT2D eigenvalue weighted by atomic mass is 9.97. The van der Waals surface area contributed by atoms with E-state index in [9.17, 15) is 9.59 Å². The fraction of sp³-hybridized carbons (Fsp3) is 0.650. The van der Waals surface area contributed by atoms with Crippen LogP contribution in [0.1, 0.15) is 42.5 Å². The van der Waals surface area contributed by atoms with Gasteiger partial charge in [0.15, 0.2) is 0 Å². The molecule has 27 heavy (non-hydrogen) atoms. The SMILES string of the molecule is CNCC1CCCN(C(=O)CCn2cnc3sc4c(c3c2=O)CCCC4)C1. The molecule has 1 fully saturated rings. The summed E-state index contributed by atoms with van der Waals surface area (Å²) in [4.78, 5) is 34.3. The minimum Gasteiger partial charge on any atom is -0.342 e. The van der Waals surface area contributed by atoms with Gasteiger partial charge in [0.2, 0.25) is 5.91 Å². The number of carbonyl (C=O) groups excluding carboxylic acids is 1. The van der Waals surface area contributed by atoms with Crippen LogP contribution in [0.25, 0.3) is 10.2 Å². The van der Waals surface area contributed by atoms with Crippen LogP contribution in [0.15, 0.2) is 11.1 Å². The van der Waals surface area contributed by atoms with Crippen LogP contribution in [-0.4, -0.2) is 47.0 Å². The van der Waals surface area contributed by atoms with Crippen LogP contribution in [-0.2, 0) is 24.2 Å². The predicted molar refractivity (Wildman–Crippen MR) is 108 cm³/mol. The van der Waals surface area contributed by atoms with E-state index < -0.39 is 0 Å². The molecule has 0 aromatic carbocycles. The average Bonchev–Trinajstić information content (AvgIpc) is 3.07. The van der Waals surface area contributed by atoms with E-state index in [1.165, 1.54) is 23.3 Å². The number of aryl methyl sites for hydroxylation is 3. The fourth-order valence-corrected chi connectivity index (χ4v) is 5.68. The Hall–Kier alpha value is -1.73. The Morgan fingerprint density at radius 1 is 1.33 bits per heavy atom. The number of amides is 1. The van der Waals surface area contributed by atoms with Crippen LogP contribution in [0.3, 0.4) is 0 Å². The summed E-state index contributed by atoms with van der Waals surface area (Å²) in [6.07, 6.45) is 8.63. The van der Waals surface area contributed by atoms with E-state index in [1.54, 1.807) is 22.2 Å². The Labute approximate surface area is 163 Å². The number of nitrogens with one attached hydrogen (secondary N) is 1. The molecule has 2 aromatic heterocycles. The number of nitrogens with zero attached hydrogens (tertiary/aromatic N) is 3. The number of thiophene rings is 1. The van der Waals surface area contributed by atoms with Gasteiger partial charge in [-0.2, -0.15) is 0 Å². The smallest absolute Gasteiger partial charge is 0.262 e. The Morgan fingerprint density at radius 2 is 2.19 bits per heavy atom. The van der Waals surface area contributed by atoms with Gasteiger partial charge in [-0.25, -0.2) is 4.98 Å². The third-order valence-corrected chi connectivity index (χ3v) is 7.07. The molecule has 2 aromatic rings. The van der Waals surface area contributed by atoms with Gasteiger partial charge in [0, 0.05) is 30.9 Å². The maximum atomic E-state index is 13.0. The van der Waals surface area contributed by atoms with Crippen LogP contribution < -0.4 is 10.9 Å². The quantitative estimate of drug-likeness (QED) is 0.853. The minimum absolute atomic E-state index is 0.0268. The van der Waals surface area contributed by atoms with Crippen LogP contribution in [0.2, 0.25) is 0 Å². The number of aromatic nitrogens is 2. The molecule has 1 amide bonds. The number of carbonyl (C=O) groups is 1. The molecule has 146 valence electrons. The van der Waals surface area contributed by atoms with Gasteiger partial charge >= 0.3 is 0 Å². The molecule has 2 aliphatic rings. The van der Waals surface area contributed by atoms with Crippen LogP contribution in [0.5, 0.6) is 0 Å². The Bertz CT molecular complexity index is 886. The number of fused-ring (bicyclic) bond motifs is 3. The summed E-state index contributed by atoms with van der Waals surface area (Å²) >= 11 is 1.67. The van der Waals surface area contributed by atoms with Crippen molar-refractivity contribution in [1.82, 2.24) is 19.8 Å². The lowest BCUT2D eigenvalue weighted by Crippen LogP contribution is -2.42. The topological polar surface area (TPSA) is 67.2 Å². The van der Waals surface area contributed by atoms with Gasteiger partial charge < -0.3 is 10.2 Å². The highest BCUT2D eigenvalue weighted by Gasteiger charge is 2.24. The van der Waals surface area contributed by atoms with Crippen molar-refractivity contribution in [2.75, 3.05) is 26.7 Å². The number of hydrogen-bond acceptors (Lipinski definition) is 5. The Balaban J connectivity index is 1.46. The number of rotatable bonds is 5. The van der Waals surface area contributed by atoms with Gasteiger partial charge in [0.25, 0.3) is 5.56 Å². The Kier molecular flexibility index (Phi) is 5.59. The second-order valence-corrected chi connectivity index (χ2v) is 8.87. The molecule has 1 aliphatic carbocycles. The second-order valence-electron chi connectivity index (χ2n) is 7.79. The zero-order valence-electron chi connectivity index (χ0n) is 16.0. The number of piperidine rings is 1. The van der Waals surface area contributed by atoms with Crippen LogP contribution in [0.4, 0.5) is 0 Å². The molecule has 6 nitrogen and oxygen atoms in total. The lowest BCUT2D eigenvalue weighted by molar-refractivity contribution is -0.133. The monoisotopic (exact) mass is 388 g/mol. The molecule has 1 N–H and O–H groups in total. The maximum absolute atomic E-state index is 13.0. The van der Waals surface area contributed by atoms with Crippen molar-refractivity contribution in [2.24, 2.45) is 5.92 Å². The maximum Gasteiger partial charge on any atom is 0.262 e. The van der Waals surface area contributed by atoms with E-state index in [-0.39, 0.29) is 11.5 Å². The largest absolute Gasteiger partial charge is 0.342 e. The molecule has 0 radical (unpaired) electrons. The number of hydrogen-bond donors (Lipinski definition) is 1. The summed E-state index contributed by atoms with van der Waals surface area (Å²) in [5.74, 6) is 0.681. The summed E-state index contributed by atoms with van der Waals surface area (Å²) in [6, 6.07) is 0. The molecule has 0 saturated carbocycles. The summed E-state index contributed by atoms with van der Waals surface area (Å²) < 4.78 is 1.64. The van der Waals surface area contributed by atoms with E-state index in [0.717, 1.165) is 55.5 Å². The molecule has 7 heteroatoms. The molecule has 3 heterocycles. The second kappa shape index (κ2) is 8.10. The Morgan fingerprint density at radius 3 is 3.04 bits per heavy atom. The standard InChI is InChI=1S/C20H28N4O2S/c1-21-11-14-5-4-9-23(12-14)17(25)8-10-24-13-22-19-18(20(24)26)15-6-2-3-7-16(15)27-19/h13-14,21H,2-12H2,1H3. The summed E-state index contributed by atoms with van der Waals surface area (Å²) in [6.45, 7) is 3.03. The summed E-state index contributed by atoms with van der Waals surface area (Å²) in [5.41, 5.74) is 1.24. The molecular formula is C20H28N4O2S. The third kappa shape index (κ3) is 3.80. The number of likely N-dealkylation sites (tertiary alicyclic amines) is 1. The van der Waals surface area contributed by atoms with E-state index in [4.69, 9.17) is 0 Å². The highest BCUT2D eigenvalue weighted by Crippen LogP contribution is 2.33. The van der Waals surface area contributed by atoms with Crippen LogP contribution in [0, 0.1) is 5.92 Å². The van der Waals surface area contributed by atoms with Crippen molar-refractivity contribution in [3.05, 3.63) is 27.1 Å². The van der Waals surface area contributed by atoms with Crippen molar-refractivity contribution in [3.8, 4) is 0 Å². The van der Waals surface area contributed by atoms with Crippen molar-refractivity contribution < 1.29 is 4.79 Å². The predicted octanol–water partition coefficient (Wildman–Crippen LogP) is 2.18. The van der Waals surface area contributed by atoms with Gasteiger partial charge in [-0.3, -0.25) is 14.2 Å². The van der Waals surface area contributed by atoms with Gasteiger partial charge in [0.1, 0.15) is 4.83 Å². The lowest BCUT2D eigenvalue weighted by Gasteiger charge is -2.32. The average molecular weight is 389 g/mol. The molecule has 0 bridgehead atoms. The minimum atomic E-state index is 0.0268. The molecule has 4 rings (SSSR count). The zero-order valence-corrected chi connectivity index (χ0v) is 16.8. The molecule has 1 atom stereocenters. The van der Waals surface area contributed by atoms with Gasteiger partial charge in [-0.05, 0) is 63.6 Å². The van der Waals surface area contributed by atoms with Crippen molar-refractivity contribution in [3.63, 3.8) is 0 Å². The van der Waals surface area contributed by atoms with E-state index in [2.05, 4.69) is 10.3 Å². The van der Waals surface area contributed by atoms with Crippen LogP contribution >= 0.6 is 11.3 Å². The first-order chi connectivity index (χ1) is 13.2. The van der Waals surface area contributed by atoms with Gasteiger partial charge in [0.05, 0.1) is 11.7 Å². The highest BCUT2D eigenvalue weighted by atomic mass is 32.1. The first-order valence-electron chi connectivity index (χ1n) is 10.1. The first kappa shape index (κ1) is 18.6. The highest BCUT2D eigenvalue weighted by molar-refractivity contribution is 7.18. The van der Waals surface area contributed by atoms with Crippen molar-refractivity contribution in [2.45, 2.75) is 51.5 Å².